The molecule has 0 unspecified atom stereocenters. The molecule has 1 fully saturated rings. The van der Waals surface area contributed by atoms with E-state index in [0.717, 1.165) is 12.0 Å². The van der Waals surface area contributed by atoms with Crippen molar-refractivity contribution in [3.8, 4) is 17.0 Å². The molecule has 2 aromatic rings. The van der Waals surface area contributed by atoms with Crippen molar-refractivity contribution in [3.05, 3.63) is 36.0 Å². The zero-order valence-electron chi connectivity index (χ0n) is 12.7. The van der Waals surface area contributed by atoms with Gasteiger partial charge in [-0.15, -0.1) is 0 Å². The summed E-state index contributed by atoms with van der Waals surface area (Å²) in [5.74, 6) is -0.0301. The fraction of sp³-hybridized carbons (Fsp3) is 0.312. The van der Waals surface area contributed by atoms with Crippen molar-refractivity contribution in [2.75, 3.05) is 13.1 Å². The van der Waals surface area contributed by atoms with E-state index in [1.54, 1.807) is 35.2 Å². The van der Waals surface area contributed by atoms with Crippen LogP contribution in [0.5, 0.6) is 5.75 Å². The van der Waals surface area contributed by atoms with Gasteiger partial charge >= 0.3 is 0 Å². The predicted molar refractivity (Wildman–Crippen MR) is 83.8 cm³/mol. The van der Waals surface area contributed by atoms with Crippen molar-refractivity contribution in [1.29, 1.82) is 0 Å². The van der Waals surface area contributed by atoms with Gasteiger partial charge in [-0.1, -0.05) is 0 Å². The summed E-state index contributed by atoms with van der Waals surface area (Å²) < 4.78 is 0. The molecule has 1 saturated heterocycles. The third kappa shape index (κ3) is 3.33. The molecule has 0 spiro atoms. The molecule has 2 amide bonds. The van der Waals surface area contributed by atoms with E-state index in [1.165, 1.54) is 6.92 Å². The maximum atomic E-state index is 12.5. The van der Waals surface area contributed by atoms with E-state index in [9.17, 15) is 14.7 Å². The lowest BCUT2D eigenvalue weighted by Gasteiger charge is -2.15. The lowest BCUT2D eigenvalue weighted by molar-refractivity contribution is -0.119. The molecule has 1 aliphatic heterocycles. The van der Waals surface area contributed by atoms with Crippen LogP contribution in [0.3, 0.4) is 0 Å². The summed E-state index contributed by atoms with van der Waals surface area (Å²) in [5.41, 5.74) is 1.87. The molecule has 1 aromatic carbocycles. The van der Waals surface area contributed by atoms with Gasteiger partial charge in [0.1, 0.15) is 11.4 Å². The largest absolute Gasteiger partial charge is 0.508 e. The van der Waals surface area contributed by atoms with E-state index >= 15 is 0 Å². The fourth-order valence-corrected chi connectivity index (χ4v) is 2.73. The van der Waals surface area contributed by atoms with Crippen LogP contribution in [-0.4, -0.2) is 51.1 Å². The molecule has 1 aliphatic rings. The number of phenolic OH excluding ortho intramolecular Hbond substituents is 1. The number of H-pyrrole nitrogens is 1. The van der Waals surface area contributed by atoms with Crippen molar-refractivity contribution in [2.45, 2.75) is 19.4 Å². The van der Waals surface area contributed by atoms with Crippen molar-refractivity contribution in [2.24, 2.45) is 0 Å². The van der Waals surface area contributed by atoms with Crippen LogP contribution in [0.4, 0.5) is 0 Å². The summed E-state index contributed by atoms with van der Waals surface area (Å²) in [6.07, 6.45) is 0.754. The van der Waals surface area contributed by atoms with E-state index < -0.39 is 0 Å². The first-order valence-electron chi connectivity index (χ1n) is 7.44. The summed E-state index contributed by atoms with van der Waals surface area (Å²) >= 11 is 0. The SMILES string of the molecule is CC(=O)N[C@@H]1CCN(C(=O)c2cc(-c3ccc(O)cc3)n[nH]2)C1. The number of aromatic hydroxyl groups is 1. The molecule has 23 heavy (non-hydrogen) atoms. The Morgan fingerprint density at radius 2 is 2.09 bits per heavy atom. The minimum atomic E-state index is -0.129. The highest BCUT2D eigenvalue weighted by atomic mass is 16.3. The lowest BCUT2D eigenvalue weighted by atomic mass is 10.1. The average molecular weight is 314 g/mol. The Morgan fingerprint density at radius 1 is 1.35 bits per heavy atom. The number of aromatic nitrogens is 2. The highest BCUT2D eigenvalue weighted by Gasteiger charge is 2.28. The molecule has 120 valence electrons. The molecular formula is C16H18N4O3. The first-order valence-corrected chi connectivity index (χ1v) is 7.44. The minimum absolute atomic E-state index is 0.0101. The minimum Gasteiger partial charge on any atom is -0.508 e. The smallest absolute Gasteiger partial charge is 0.271 e. The first-order chi connectivity index (χ1) is 11.0. The number of aromatic amines is 1. The highest BCUT2D eigenvalue weighted by molar-refractivity contribution is 5.93. The highest BCUT2D eigenvalue weighted by Crippen LogP contribution is 2.21. The predicted octanol–water partition coefficient (Wildman–Crippen LogP) is 1.13. The van der Waals surface area contributed by atoms with Crippen LogP contribution in [0.15, 0.2) is 30.3 Å². The molecule has 0 radical (unpaired) electrons. The number of hydrogen-bond donors (Lipinski definition) is 3. The molecule has 0 saturated carbocycles. The fourth-order valence-electron chi connectivity index (χ4n) is 2.73. The summed E-state index contributed by atoms with van der Waals surface area (Å²) in [6, 6.07) is 8.33. The number of rotatable bonds is 3. The zero-order valence-corrected chi connectivity index (χ0v) is 12.7. The summed E-state index contributed by atoms with van der Waals surface area (Å²) in [4.78, 5) is 25.3. The van der Waals surface area contributed by atoms with Crippen LogP contribution in [0, 0.1) is 0 Å². The number of likely N-dealkylation sites (tertiary alicyclic amines) is 1. The van der Waals surface area contributed by atoms with Crippen LogP contribution in [0.25, 0.3) is 11.3 Å². The van der Waals surface area contributed by atoms with Gasteiger partial charge in [-0.25, -0.2) is 0 Å². The van der Waals surface area contributed by atoms with Crippen LogP contribution < -0.4 is 5.32 Å². The van der Waals surface area contributed by atoms with Gasteiger partial charge in [0.05, 0.1) is 5.69 Å². The molecule has 2 heterocycles. The van der Waals surface area contributed by atoms with Crippen molar-refractivity contribution >= 4 is 11.8 Å². The topological polar surface area (TPSA) is 98.3 Å². The van der Waals surface area contributed by atoms with Gasteiger partial charge in [0.15, 0.2) is 0 Å². The number of nitrogens with one attached hydrogen (secondary N) is 2. The van der Waals surface area contributed by atoms with Gasteiger partial charge in [-0.2, -0.15) is 5.10 Å². The van der Waals surface area contributed by atoms with Gasteiger partial charge in [0.25, 0.3) is 5.91 Å². The molecule has 3 N–H and O–H groups in total. The van der Waals surface area contributed by atoms with E-state index in [0.29, 0.717) is 24.5 Å². The summed E-state index contributed by atoms with van der Waals surface area (Å²) in [6.45, 7) is 2.59. The Morgan fingerprint density at radius 3 is 2.78 bits per heavy atom. The Labute approximate surface area is 133 Å². The third-order valence-corrected chi connectivity index (χ3v) is 3.85. The number of carbonyl (C=O) groups excluding carboxylic acids is 2. The van der Waals surface area contributed by atoms with Crippen LogP contribution in [-0.2, 0) is 4.79 Å². The lowest BCUT2D eigenvalue weighted by Crippen LogP contribution is -2.37. The standard InChI is InChI=1S/C16H18N4O3/c1-10(21)17-12-6-7-20(9-12)16(23)15-8-14(18-19-15)11-2-4-13(22)5-3-11/h2-5,8,12,22H,6-7,9H2,1H3,(H,17,21)(H,18,19)/t12-/m1/s1. The third-order valence-electron chi connectivity index (χ3n) is 3.85. The van der Waals surface area contributed by atoms with E-state index in [2.05, 4.69) is 15.5 Å². The molecule has 3 rings (SSSR count). The molecule has 7 nitrogen and oxygen atoms in total. The van der Waals surface area contributed by atoms with Gasteiger partial charge in [-0.05, 0) is 36.8 Å². The van der Waals surface area contributed by atoms with Crippen LogP contribution in [0.2, 0.25) is 0 Å². The van der Waals surface area contributed by atoms with Crippen LogP contribution in [0.1, 0.15) is 23.8 Å². The quantitative estimate of drug-likeness (QED) is 0.791. The average Bonchev–Trinajstić information content (AvgIpc) is 3.16. The zero-order chi connectivity index (χ0) is 16.4. The Bertz CT molecular complexity index is 723. The van der Waals surface area contributed by atoms with Gasteiger partial charge in [-0.3, -0.25) is 14.7 Å². The molecule has 0 aliphatic carbocycles. The summed E-state index contributed by atoms with van der Waals surface area (Å²) in [5, 5.41) is 19.1. The molecule has 1 atom stereocenters. The molecule has 0 bridgehead atoms. The second-order valence-electron chi connectivity index (χ2n) is 5.65. The normalized spacial score (nSPS) is 17.3. The van der Waals surface area contributed by atoms with Gasteiger partial charge < -0.3 is 15.3 Å². The van der Waals surface area contributed by atoms with E-state index in [4.69, 9.17) is 0 Å². The monoisotopic (exact) mass is 314 g/mol. The Hall–Kier alpha value is -2.83. The van der Waals surface area contributed by atoms with Crippen LogP contribution >= 0.6 is 0 Å². The number of phenols is 1. The maximum absolute atomic E-state index is 12.5. The number of nitrogens with zero attached hydrogens (tertiary/aromatic N) is 2. The molecule has 7 heteroatoms. The first kappa shape index (κ1) is 15.1. The summed E-state index contributed by atoms with van der Waals surface area (Å²) in [7, 11) is 0. The maximum Gasteiger partial charge on any atom is 0.271 e. The number of amides is 2. The molecule has 1 aromatic heterocycles. The van der Waals surface area contributed by atoms with E-state index in [1.807, 2.05) is 0 Å². The van der Waals surface area contributed by atoms with Crippen molar-refractivity contribution in [1.82, 2.24) is 20.4 Å². The Kier molecular flexibility index (Phi) is 4.01. The molecular weight excluding hydrogens is 296 g/mol. The second kappa shape index (κ2) is 6.12. The van der Waals surface area contributed by atoms with Crippen molar-refractivity contribution in [3.63, 3.8) is 0 Å². The number of carbonyl (C=O) groups is 2. The van der Waals surface area contributed by atoms with Gasteiger partial charge in [0.2, 0.25) is 5.91 Å². The number of hydrogen-bond acceptors (Lipinski definition) is 4. The van der Waals surface area contributed by atoms with Gasteiger partial charge in [0, 0.05) is 31.6 Å². The Balaban J connectivity index is 1.69. The number of benzene rings is 1. The van der Waals surface area contributed by atoms with E-state index in [-0.39, 0.29) is 23.6 Å². The van der Waals surface area contributed by atoms with Crippen molar-refractivity contribution < 1.29 is 14.7 Å². The second-order valence-corrected chi connectivity index (χ2v) is 5.65.